The first-order valence-electron chi connectivity index (χ1n) is 6.23. The second-order valence-corrected chi connectivity index (χ2v) is 4.98. The highest BCUT2D eigenvalue weighted by atomic mass is 32.1. The second kappa shape index (κ2) is 6.56. The minimum absolute atomic E-state index is 0.246. The van der Waals surface area contributed by atoms with Gasteiger partial charge in [-0.1, -0.05) is 25.2 Å². The van der Waals surface area contributed by atoms with Crippen molar-refractivity contribution in [3.05, 3.63) is 23.8 Å². The first-order valence-corrected chi connectivity index (χ1v) is 6.63. The molecule has 0 radical (unpaired) electrons. The van der Waals surface area contributed by atoms with E-state index in [0.717, 1.165) is 0 Å². The highest BCUT2D eigenvalue weighted by molar-refractivity contribution is 7.80. The van der Waals surface area contributed by atoms with Gasteiger partial charge in [-0.2, -0.15) is 0 Å². The maximum atomic E-state index is 12.4. The number of rotatable bonds is 6. The molecule has 0 spiro atoms. The Morgan fingerprint density at radius 3 is 2.50 bits per heavy atom. The minimum Gasteiger partial charge on any atom is -0.493 e. The van der Waals surface area contributed by atoms with Gasteiger partial charge in [-0.3, -0.25) is 4.79 Å². The summed E-state index contributed by atoms with van der Waals surface area (Å²) in [6.45, 7) is 3.70. The molecule has 0 fully saturated rings. The van der Waals surface area contributed by atoms with Crippen molar-refractivity contribution in [2.45, 2.75) is 25.8 Å². The van der Waals surface area contributed by atoms with Crippen molar-refractivity contribution in [2.24, 2.45) is 5.73 Å². The molecular formula is C14H20N2O3S. The Hall–Kier alpha value is -1.82. The fraction of sp³-hybridized carbons (Fsp3) is 0.429. The fourth-order valence-corrected chi connectivity index (χ4v) is 1.90. The maximum Gasteiger partial charge on any atom is 0.255 e. The number of thiocarbonyl (C=S) groups is 1. The van der Waals surface area contributed by atoms with E-state index in [1.165, 1.54) is 14.2 Å². The van der Waals surface area contributed by atoms with Gasteiger partial charge in [-0.15, -0.1) is 0 Å². The fourth-order valence-electron chi connectivity index (χ4n) is 1.71. The second-order valence-electron chi connectivity index (χ2n) is 4.55. The van der Waals surface area contributed by atoms with Crippen molar-refractivity contribution in [2.75, 3.05) is 14.2 Å². The number of ether oxygens (including phenoxy) is 2. The molecule has 110 valence electrons. The topological polar surface area (TPSA) is 73.6 Å². The monoisotopic (exact) mass is 296 g/mol. The Morgan fingerprint density at radius 2 is 2.05 bits per heavy atom. The number of amides is 1. The number of para-hydroxylation sites is 1. The van der Waals surface area contributed by atoms with Crippen LogP contribution in [0.5, 0.6) is 11.5 Å². The molecule has 1 amide bonds. The Bertz CT molecular complexity index is 519. The summed E-state index contributed by atoms with van der Waals surface area (Å²) in [6.07, 6.45) is 0.598. The van der Waals surface area contributed by atoms with E-state index in [1.54, 1.807) is 25.1 Å². The molecular weight excluding hydrogens is 276 g/mol. The lowest BCUT2D eigenvalue weighted by Gasteiger charge is -2.28. The third kappa shape index (κ3) is 3.19. The lowest BCUT2D eigenvalue weighted by Crippen LogP contribution is -2.54. The Balaban J connectivity index is 3.13. The van der Waals surface area contributed by atoms with Crippen LogP contribution >= 0.6 is 12.2 Å². The van der Waals surface area contributed by atoms with Gasteiger partial charge in [0.1, 0.15) is 0 Å². The van der Waals surface area contributed by atoms with Gasteiger partial charge in [0.25, 0.3) is 5.91 Å². The number of hydrogen-bond acceptors (Lipinski definition) is 4. The summed E-state index contributed by atoms with van der Waals surface area (Å²) in [6, 6.07) is 5.11. The first kappa shape index (κ1) is 16.2. The van der Waals surface area contributed by atoms with Crippen LogP contribution in [0.3, 0.4) is 0 Å². The predicted molar refractivity (Wildman–Crippen MR) is 82.5 cm³/mol. The molecule has 20 heavy (non-hydrogen) atoms. The van der Waals surface area contributed by atoms with Crippen LogP contribution in [0.2, 0.25) is 0 Å². The van der Waals surface area contributed by atoms with Crippen LogP contribution in [0.1, 0.15) is 30.6 Å². The van der Waals surface area contributed by atoms with E-state index in [-0.39, 0.29) is 10.9 Å². The largest absolute Gasteiger partial charge is 0.493 e. The Morgan fingerprint density at radius 1 is 1.40 bits per heavy atom. The Labute approximate surface area is 124 Å². The zero-order valence-corrected chi connectivity index (χ0v) is 13.0. The Kier molecular flexibility index (Phi) is 5.33. The lowest BCUT2D eigenvalue weighted by molar-refractivity contribution is 0.0923. The summed E-state index contributed by atoms with van der Waals surface area (Å²) in [5.41, 5.74) is 5.34. The van der Waals surface area contributed by atoms with Crippen LogP contribution in [0.25, 0.3) is 0 Å². The average Bonchev–Trinajstić information content (AvgIpc) is 2.45. The highest BCUT2D eigenvalue weighted by Crippen LogP contribution is 2.31. The van der Waals surface area contributed by atoms with Crippen LogP contribution in [-0.2, 0) is 0 Å². The summed E-state index contributed by atoms with van der Waals surface area (Å²) in [5.74, 6) is 0.570. The van der Waals surface area contributed by atoms with E-state index in [2.05, 4.69) is 5.32 Å². The molecule has 0 aliphatic heterocycles. The van der Waals surface area contributed by atoms with Crippen LogP contribution in [0.15, 0.2) is 18.2 Å². The van der Waals surface area contributed by atoms with Crippen LogP contribution in [0.4, 0.5) is 0 Å². The van der Waals surface area contributed by atoms with Gasteiger partial charge >= 0.3 is 0 Å². The van der Waals surface area contributed by atoms with E-state index in [1.807, 2.05) is 6.92 Å². The van der Waals surface area contributed by atoms with E-state index in [9.17, 15) is 4.79 Å². The molecule has 3 N–H and O–H groups in total. The maximum absolute atomic E-state index is 12.4. The molecule has 0 heterocycles. The number of carbonyl (C=O) groups is 1. The third-order valence-corrected chi connectivity index (χ3v) is 3.74. The lowest BCUT2D eigenvalue weighted by atomic mass is 9.98. The molecule has 0 aliphatic carbocycles. The minimum atomic E-state index is -0.736. The smallest absolute Gasteiger partial charge is 0.255 e. The van der Waals surface area contributed by atoms with Crippen LogP contribution in [-0.4, -0.2) is 30.7 Å². The van der Waals surface area contributed by atoms with E-state index >= 15 is 0 Å². The van der Waals surface area contributed by atoms with E-state index < -0.39 is 5.54 Å². The van der Waals surface area contributed by atoms with Gasteiger partial charge in [0.2, 0.25) is 0 Å². The van der Waals surface area contributed by atoms with Gasteiger partial charge in [-0.05, 0) is 25.5 Å². The van der Waals surface area contributed by atoms with Crippen molar-refractivity contribution >= 4 is 23.1 Å². The summed E-state index contributed by atoms with van der Waals surface area (Å²) < 4.78 is 10.4. The molecule has 1 aromatic carbocycles. The quantitative estimate of drug-likeness (QED) is 0.784. The molecule has 6 heteroatoms. The molecule has 1 rings (SSSR count). The number of methoxy groups -OCH3 is 2. The van der Waals surface area contributed by atoms with Gasteiger partial charge in [0.05, 0.1) is 30.3 Å². The normalized spacial score (nSPS) is 13.2. The van der Waals surface area contributed by atoms with Gasteiger partial charge in [0, 0.05) is 0 Å². The van der Waals surface area contributed by atoms with E-state index in [0.29, 0.717) is 23.5 Å². The first-order chi connectivity index (χ1) is 9.39. The van der Waals surface area contributed by atoms with Crippen molar-refractivity contribution < 1.29 is 14.3 Å². The van der Waals surface area contributed by atoms with Crippen molar-refractivity contribution in [3.63, 3.8) is 0 Å². The summed E-state index contributed by atoms with van der Waals surface area (Å²) in [4.78, 5) is 12.7. The molecule has 5 nitrogen and oxygen atoms in total. The van der Waals surface area contributed by atoms with Gasteiger partial charge in [0.15, 0.2) is 11.5 Å². The molecule has 0 aliphatic rings. The molecule has 1 aromatic rings. The third-order valence-electron chi connectivity index (χ3n) is 3.29. The number of carbonyl (C=O) groups excluding carboxylic acids is 1. The molecule has 0 saturated carbocycles. The van der Waals surface area contributed by atoms with Gasteiger partial charge < -0.3 is 20.5 Å². The molecule has 0 saturated heterocycles. The SMILES string of the molecule is CCC(C)(NC(=O)c1cccc(OC)c1OC)C(N)=S. The summed E-state index contributed by atoms with van der Waals surface area (Å²) in [7, 11) is 3.01. The molecule has 1 unspecified atom stereocenters. The number of benzene rings is 1. The van der Waals surface area contributed by atoms with Crippen molar-refractivity contribution in [1.82, 2.24) is 5.32 Å². The van der Waals surface area contributed by atoms with Crippen LogP contribution < -0.4 is 20.5 Å². The zero-order valence-electron chi connectivity index (χ0n) is 12.1. The molecule has 0 aromatic heterocycles. The summed E-state index contributed by atoms with van der Waals surface area (Å²) in [5, 5.41) is 2.84. The van der Waals surface area contributed by atoms with Crippen molar-refractivity contribution in [3.8, 4) is 11.5 Å². The number of hydrogen-bond donors (Lipinski definition) is 2. The standard InChI is InChI=1S/C14H20N2O3S/c1-5-14(2,13(15)20)16-12(17)9-7-6-8-10(18-3)11(9)19-4/h6-8H,5H2,1-4H3,(H2,15,20)(H,16,17). The zero-order chi connectivity index (χ0) is 15.3. The predicted octanol–water partition coefficient (Wildman–Crippen LogP) is 1.89. The van der Waals surface area contributed by atoms with E-state index in [4.69, 9.17) is 27.4 Å². The highest BCUT2D eigenvalue weighted by Gasteiger charge is 2.29. The van der Waals surface area contributed by atoms with Crippen molar-refractivity contribution in [1.29, 1.82) is 0 Å². The summed E-state index contributed by atoms with van der Waals surface area (Å²) >= 11 is 5.01. The van der Waals surface area contributed by atoms with Crippen LogP contribution in [0, 0.1) is 0 Å². The number of nitrogens with one attached hydrogen (secondary N) is 1. The number of nitrogens with two attached hydrogens (primary N) is 1. The average molecular weight is 296 g/mol. The van der Waals surface area contributed by atoms with Gasteiger partial charge in [-0.25, -0.2) is 0 Å². The molecule has 1 atom stereocenters. The molecule has 0 bridgehead atoms.